The third-order valence-corrected chi connectivity index (χ3v) is 6.05. The van der Waals surface area contributed by atoms with Crippen LogP contribution in [0.3, 0.4) is 0 Å². The van der Waals surface area contributed by atoms with Crippen molar-refractivity contribution < 1.29 is 28.2 Å². The lowest BCUT2D eigenvalue weighted by Crippen LogP contribution is -2.39. The molecule has 0 fully saturated rings. The Morgan fingerprint density at radius 1 is 0.973 bits per heavy atom. The summed E-state index contributed by atoms with van der Waals surface area (Å²) in [6.45, 7) is 6.33. The number of halogens is 2. The summed E-state index contributed by atoms with van der Waals surface area (Å²) < 4.78 is 31.1. The van der Waals surface area contributed by atoms with Gasteiger partial charge in [0, 0.05) is 21.8 Å². The van der Waals surface area contributed by atoms with Gasteiger partial charge < -0.3 is 24.4 Å². The molecule has 0 spiro atoms. The van der Waals surface area contributed by atoms with Gasteiger partial charge in [-0.05, 0) is 68.8 Å². The number of hydrogen-bond acceptors (Lipinski definition) is 5. The number of anilines is 1. The first kappa shape index (κ1) is 26.3. The van der Waals surface area contributed by atoms with Gasteiger partial charge in [0.25, 0.3) is 5.91 Å². The highest BCUT2D eigenvalue weighted by molar-refractivity contribution is 6.30. The quantitative estimate of drug-likeness (QED) is 0.398. The molecule has 0 radical (unpaired) electrons. The van der Waals surface area contributed by atoms with Gasteiger partial charge in [-0.25, -0.2) is 4.39 Å². The molecule has 1 N–H and O–H groups in total. The van der Waals surface area contributed by atoms with Gasteiger partial charge in [-0.15, -0.1) is 0 Å². The summed E-state index contributed by atoms with van der Waals surface area (Å²) in [5.74, 6) is -0.0993. The van der Waals surface area contributed by atoms with E-state index in [9.17, 15) is 14.0 Å². The molecule has 1 aliphatic heterocycles. The third kappa shape index (κ3) is 5.64. The van der Waals surface area contributed by atoms with Crippen LogP contribution < -0.4 is 19.5 Å². The van der Waals surface area contributed by atoms with Crippen molar-refractivity contribution in [2.75, 3.05) is 31.7 Å². The number of carbonyl (C=O) groups excluding carboxylic acids is 2. The number of benzene rings is 3. The smallest absolute Gasteiger partial charge is 0.255 e. The molecular weight excluding hydrogens is 499 g/mol. The van der Waals surface area contributed by atoms with Gasteiger partial charge in [0.1, 0.15) is 12.4 Å². The standard InChI is InChI=1S/C28H28ClFN2O5/c1-4-35-23-13-18(14-24(36-5-2)27(23)37-6-3)28(34)32-16-25(33)31-22-12-9-19(29)15-21(22)26(32)17-7-10-20(30)11-8-17/h7-15,26H,4-6,16H2,1-3H3,(H,31,33). The van der Waals surface area contributed by atoms with Crippen molar-refractivity contribution in [3.8, 4) is 17.2 Å². The number of fused-ring (bicyclic) bond motifs is 1. The zero-order valence-corrected chi connectivity index (χ0v) is 21.6. The third-order valence-electron chi connectivity index (χ3n) is 5.81. The van der Waals surface area contributed by atoms with Gasteiger partial charge in [-0.3, -0.25) is 9.59 Å². The summed E-state index contributed by atoms with van der Waals surface area (Å²) in [5.41, 5.74) is 2.01. The van der Waals surface area contributed by atoms with Gasteiger partial charge in [-0.2, -0.15) is 0 Å². The van der Waals surface area contributed by atoms with Crippen molar-refractivity contribution in [1.29, 1.82) is 0 Å². The fourth-order valence-corrected chi connectivity index (χ4v) is 4.53. The number of ether oxygens (including phenoxy) is 3. The molecule has 7 nitrogen and oxygen atoms in total. The van der Waals surface area contributed by atoms with E-state index in [2.05, 4.69) is 5.32 Å². The largest absolute Gasteiger partial charge is 0.490 e. The second kappa shape index (κ2) is 11.5. The van der Waals surface area contributed by atoms with Crippen molar-refractivity contribution in [2.24, 2.45) is 0 Å². The van der Waals surface area contributed by atoms with E-state index >= 15 is 0 Å². The first-order valence-electron chi connectivity index (χ1n) is 12.1. The van der Waals surface area contributed by atoms with Crippen molar-refractivity contribution >= 4 is 29.1 Å². The van der Waals surface area contributed by atoms with E-state index in [4.69, 9.17) is 25.8 Å². The summed E-state index contributed by atoms with van der Waals surface area (Å²) in [7, 11) is 0. The Morgan fingerprint density at radius 3 is 2.19 bits per heavy atom. The number of hydrogen-bond donors (Lipinski definition) is 1. The zero-order chi connectivity index (χ0) is 26.5. The van der Waals surface area contributed by atoms with Crippen LogP contribution in [0.1, 0.15) is 48.3 Å². The van der Waals surface area contributed by atoms with Crippen molar-refractivity contribution in [2.45, 2.75) is 26.8 Å². The fraction of sp³-hybridized carbons (Fsp3) is 0.286. The van der Waals surface area contributed by atoms with E-state index in [1.165, 1.54) is 17.0 Å². The van der Waals surface area contributed by atoms with Crippen LogP contribution in [-0.4, -0.2) is 43.1 Å². The van der Waals surface area contributed by atoms with Crippen LogP contribution in [0.4, 0.5) is 10.1 Å². The molecule has 194 valence electrons. The number of amides is 2. The lowest BCUT2D eigenvalue weighted by Gasteiger charge is -2.31. The van der Waals surface area contributed by atoms with E-state index in [0.29, 0.717) is 58.9 Å². The van der Waals surface area contributed by atoms with E-state index in [1.54, 1.807) is 42.5 Å². The highest BCUT2D eigenvalue weighted by Gasteiger charge is 2.35. The van der Waals surface area contributed by atoms with Crippen LogP contribution in [0.5, 0.6) is 17.2 Å². The second-order valence-corrected chi connectivity index (χ2v) is 8.70. The molecule has 0 saturated heterocycles. The van der Waals surface area contributed by atoms with Gasteiger partial charge in [0.15, 0.2) is 11.5 Å². The average molecular weight is 527 g/mol. The van der Waals surface area contributed by atoms with E-state index in [1.807, 2.05) is 20.8 Å². The molecule has 1 unspecified atom stereocenters. The Bertz CT molecular complexity index is 1270. The molecule has 1 aliphatic rings. The predicted octanol–water partition coefficient (Wildman–Crippen LogP) is 5.86. The first-order chi connectivity index (χ1) is 17.9. The predicted molar refractivity (Wildman–Crippen MR) is 139 cm³/mol. The highest BCUT2D eigenvalue weighted by atomic mass is 35.5. The van der Waals surface area contributed by atoms with Crippen LogP contribution >= 0.6 is 11.6 Å². The zero-order valence-electron chi connectivity index (χ0n) is 20.8. The number of rotatable bonds is 8. The van der Waals surface area contributed by atoms with Crippen molar-refractivity contribution in [3.63, 3.8) is 0 Å². The van der Waals surface area contributed by atoms with E-state index in [0.717, 1.165) is 0 Å². The maximum atomic E-state index is 14.1. The topological polar surface area (TPSA) is 77.1 Å². The summed E-state index contributed by atoms with van der Waals surface area (Å²) in [6.07, 6.45) is 0. The summed E-state index contributed by atoms with van der Waals surface area (Å²) in [6, 6.07) is 13.3. The molecule has 0 aromatic heterocycles. The highest BCUT2D eigenvalue weighted by Crippen LogP contribution is 2.42. The maximum Gasteiger partial charge on any atom is 0.255 e. The minimum Gasteiger partial charge on any atom is -0.490 e. The number of carbonyl (C=O) groups is 2. The van der Waals surface area contributed by atoms with Crippen LogP contribution in [0, 0.1) is 5.82 Å². The molecule has 0 bridgehead atoms. The average Bonchev–Trinajstić information content (AvgIpc) is 3.01. The molecule has 1 atom stereocenters. The molecule has 2 amide bonds. The summed E-state index contributed by atoms with van der Waals surface area (Å²) in [5, 5.41) is 3.29. The maximum absolute atomic E-state index is 14.1. The molecule has 0 aliphatic carbocycles. The summed E-state index contributed by atoms with van der Waals surface area (Å²) >= 11 is 6.32. The van der Waals surface area contributed by atoms with Crippen LogP contribution in [0.25, 0.3) is 0 Å². The Morgan fingerprint density at radius 2 is 1.59 bits per heavy atom. The number of nitrogens with one attached hydrogen (secondary N) is 1. The van der Waals surface area contributed by atoms with Crippen LogP contribution in [0.15, 0.2) is 54.6 Å². The molecule has 3 aromatic carbocycles. The van der Waals surface area contributed by atoms with E-state index < -0.39 is 17.8 Å². The lowest BCUT2D eigenvalue weighted by molar-refractivity contribution is -0.117. The normalized spacial score (nSPS) is 14.9. The first-order valence-corrected chi connectivity index (χ1v) is 12.5. The molecular formula is C28H28ClFN2O5. The van der Waals surface area contributed by atoms with Crippen LogP contribution in [-0.2, 0) is 4.79 Å². The van der Waals surface area contributed by atoms with Crippen molar-refractivity contribution in [3.05, 3.63) is 82.1 Å². The molecule has 37 heavy (non-hydrogen) atoms. The second-order valence-electron chi connectivity index (χ2n) is 8.27. The van der Waals surface area contributed by atoms with Gasteiger partial charge in [0.05, 0.1) is 25.9 Å². The Hall–Kier alpha value is -3.78. The van der Waals surface area contributed by atoms with Crippen molar-refractivity contribution in [1.82, 2.24) is 4.90 Å². The molecule has 3 aromatic rings. The number of nitrogens with zero attached hydrogens (tertiary/aromatic N) is 1. The van der Waals surface area contributed by atoms with Gasteiger partial charge >= 0.3 is 0 Å². The Labute approximate surface area is 220 Å². The molecule has 0 saturated carbocycles. The minimum atomic E-state index is -0.724. The lowest BCUT2D eigenvalue weighted by atomic mass is 9.95. The molecule has 1 heterocycles. The fourth-order valence-electron chi connectivity index (χ4n) is 4.35. The van der Waals surface area contributed by atoms with Crippen LogP contribution in [0.2, 0.25) is 5.02 Å². The Kier molecular flexibility index (Phi) is 8.18. The Balaban J connectivity index is 1.88. The molecule has 9 heteroatoms. The summed E-state index contributed by atoms with van der Waals surface area (Å²) in [4.78, 5) is 28.5. The monoisotopic (exact) mass is 526 g/mol. The SMILES string of the molecule is CCOc1cc(C(=O)N2CC(=O)Nc3ccc(Cl)cc3C2c2ccc(F)cc2)cc(OCC)c1OCC. The minimum absolute atomic E-state index is 0.242. The van der Waals surface area contributed by atoms with Gasteiger partial charge in [-0.1, -0.05) is 23.7 Å². The van der Waals surface area contributed by atoms with E-state index in [-0.39, 0.29) is 18.0 Å². The van der Waals surface area contributed by atoms with Gasteiger partial charge in [0.2, 0.25) is 11.7 Å². The molecule has 4 rings (SSSR count).